The summed E-state index contributed by atoms with van der Waals surface area (Å²) in [5.41, 5.74) is 0. The first-order valence-corrected chi connectivity index (χ1v) is 8.41. The van der Waals surface area contributed by atoms with E-state index in [1.165, 1.54) is 19.3 Å². The highest BCUT2D eigenvalue weighted by atomic mass is 16.5. The van der Waals surface area contributed by atoms with Crippen molar-refractivity contribution in [3.63, 3.8) is 0 Å². The van der Waals surface area contributed by atoms with Gasteiger partial charge in [-0.05, 0) is 25.0 Å². The molecular formula is C17H24N4O3. The summed E-state index contributed by atoms with van der Waals surface area (Å²) in [7, 11) is 1.59. The zero-order chi connectivity index (χ0) is 16.8. The highest BCUT2D eigenvalue weighted by Gasteiger charge is 2.21. The van der Waals surface area contributed by atoms with Crippen LogP contribution in [-0.2, 0) is 4.74 Å². The Hall–Kier alpha value is -2.28. The molecule has 130 valence electrons. The summed E-state index contributed by atoms with van der Waals surface area (Å²) in [6.45, 7) is 0.336. The summed E-state index contributed by atoms with van der Waals surface area (Å²) in [6.07, 6.45) is 9.23. The molecule has 0 unspecified atom stereocenters. The molecule has 2 heterocycles. The molecule has 1 fully saturated rings. The minimum absolute atomic E-state index is 0.300. The number of anilines is 1. The molecule has 0 radical (unpaired) electrons. The summed E-state index contributed by atoms with van der Waals surface area (Å²) >= 11 is 0. The average Bonchev–Trinajstić information content (AvgIpc) is 3.27. The van der Waals surface area contributed by atoms with Crippen LogP contribution in [0.3, 0.4) is 0 Å². The number of aromatic nitrogens is 2. The number of hydrogen-bond acceptors (Lipinski definition) is 4. The van der Waals surface area contributed by atoms with E-state index in [-0.39, 0.29) is 12.1 Å². The molecular weight excluding hydrogens is 308 g/mol. The van der Waals surface area contributed by atoms with Crippen molar-refractivity contribution in [2.24, 2.45) is 0 Å². The van der Waals surface area contributed by atoms with Crippen molar-refractivity contribution in [2.75, 3.05) is 19.0 Å². The quantitative estimate of drug-likeness (QED) is 0.848. The van der Waals surface area contributed by atoms with Gasteiger partial charge in [0.05, 0.1) is 25.1 Å². The lowest BCUT2D eigenvalue weighted by atomic mass is 9.96. The molecule has 1 atom stereocenters. The fourth-order valence-electron chi connectivity index (χ4n) is 3.19. The van der Waals surface area contributed by atoms with Gasteiger partial charge in [-0.2, -0.15) is 5.10 Å². The zero-order valence-electron chi connectivity index (χ0n) is 13.9. The summed E-state index contributed by atoms with van der Waals surface area (Å²) < 4.78 is 12.5. The van der Waals surface area contributed by atoms with Gasteiger partial charge in [-0.3, -0.25) is 5.32 Å². The Bertz CT molecular complexity index is 632. The summed E-state index contributed by atoms with van der Waals surface area (Å²) in [4.78, 5) is 12.4. The van der Waals surface area contributed by atoms with Crippen LogP contribution in [0, 0.1) is 0 Å². The molecule has 0 aliphatic heterocycles. The first-order valence-electron chi connectivity index (χ1n) is 8.41. The van der Waals surface area contributed by atoms with Gasteiger partial charge in [0.15, 0.2) is 0 Å². The largest absolute Gasteiger partial charge is 0.467 e. The standard InChI is InChI=1S/C17H24N4O3/c1-23-12-14(15-8-5-11-24-15)19-17(22)20-16-9-10-18-21(16)13-6-3-2-4-7-13/h5,8-11,13-14H,2-4,6-7,12H2,1H3,(H2,19,20,22)/t14-/m0/s1. The Morgan fingerprint density at radius 1 is 1.42 bits per heavy atom. The molecule has 0 bridgehead atoms. The van der Waals surface area contributed by atoms with Crippen LogP contribution in [0.15, 0.2) is 35.1 Å². The molecule has 7 nitrogen and oxygen atoms in total. The van der Waals surface area contributed by atoms with E-state index in [0.717, 1.165) is 18.7 Å². The van der Waals surface area contributed by atoms with Crippen molar-refractivity contribution in [1.29, 1.82) is 0 Å². The van der Waals surface area contributed by atoms with Crippen LogP contribution in [0.25, 0.3) is 0 Å². The van der Waals surface area contributed by atoms with Crippen LogP contribution < -0.4 is 10.6 Å². The maximum atomic E-state index is 12.4. The second-order valence-corrected chi connectivity index (χ2v) is 6.07. The van der Waals surface area contributed by atoms with Crippen molar-refractivity contribution < 1.29 is 13.9 Å². The Balaban J connectivity index is 1.63. The smallest absolute Gasteiger partial charge is 0.321 e. The lowest BCUT2D eigenvalue weighted by molar-refractivity contribution is 0.159. The Labute approximate surface area is 141 Å². The van der Waals surface area contributed by atoms with Gasteiger partial charge in [-0.25, -0.2) is 9.48 Å². The van der Waals surface area contributed by atoms with Crippen LogP contribution in [0.4, 0.5) is 10.6 Å². The van der Waals surface area contributed by atoms with Crippen LogP contribution >= 0.6 is 0 Å². The molecule has 24 heavy (non-hydrogen) atoms. The first-order chi connectivity index (χ1) is 11.8. The molecule has 2 aromatic heterocycles. The van der Waals surface area contributed by atoms with Gasteiger partial charge in [0.25, 0.3) is 0 Å². The fraction of sp³-hybridized carbons (Fsp3) is 0.529. The number of hydrogen-bond donors (Lipinski definition) is 2. The third-order valence-corrected chi connectivity index (χ3v) is 4.36. The van der Waals surface area contributed by atoms with Gasteiger partial charge in [0.1, 0.15) is 17.6 Å². The third-order valence-electron chi connectivity index (χ3n) is 4.36. The van der Waals surface area contributed by atoms with Crippen molar-refractivity contribution in [3.05, 3.63) is 36.4 Å². The zero-order valence-corrected chi connectivity index (χ0v) is 13.9. The minimum Gasteiger partial charge on any atom is -0.467 e. The number of nitrogens with zero attached hydrogens (tertiary/aromatic N) is 2. The Morgan fingerprint density at radius 2 is 2.25 bits per heavy atom. The molecule has 0 saturated heterocycles. The second kappa shape index (κ2) is 8.01. The Morgan fingerprint density at radius 3 is 2.96 bits per heavy atom. The van der Waals surface area contributed by atoms with E-state index < -0.39 is 0 Å². The second-order valence-electron chi connectivity index (χ2n) is 6.07. The molecule has 0 aromatic carbocycles. The number of amides is 2. The minimum atomic E-state index is -0.337. The van der Waals surface area contributed by atoms with Crippen LogP contribution in [0.1, 0.15) is 49.9 Å². The molecule has 1 aliphatic carbocycles. The Kier molecular flexibility index (Phi) is 5.53. The molecule has 7 heteroatoms. The maximum Gasteiger partial charge on any atom is 0.321 e. The van der Waals surface area contributed by atoms with Crippen molar-refractivity contribution in [2.45, 2.75) is 44.2 Å². The number of carbonyl (C=O) groups is 1. The first kappa shape index (κ1) is 16.6. The molecule has 1 saturated carbocycles. The number of carbonyl (C=O) groups excluding carboxylic acids is 1. The van der Waals surface area contributed by atoms with Crippen LogP contribution in [-0.4, -0.2) is 29.5 Å². The molecule has 2 aromatic rings. The molecule has 3 rings (SSSR count). The number of ether oxygens (including phenoxy) is 1. The molecule has 2 amide bonds. The molecule has 2 N–H and O–H groups in total. The van der Waals surface area contributed by atoms with Gasteiger partial charge >= 0.3 is 6.03 Å². The van der Waals surface area contributed by atoms with Gasteiger partial charge in [0.2, 0.25) is 0 Å². The summed E-state index contributed by atoms with van der Waals surface area (Å²) in [6, 6.07) is 5.16. The number of methoxy groups -OCH3 is 1. The van der Waals surface area contributed by atoms with E-state index in [1.807, 2.05) is 16.8 Å². The van der Waals surface area contributed by atoms with E-state index in [9.17, 15) is 4.79 Å². The third kappa shape index (κ3) is 3.97. The van der Waals surface area contributed by atoms with E-state index in [4.69, 9.17) is 9.15 Å². The summed E-state index contributed by atoms with van der Waals surface area (Å²) in [5, 5.41) is 10.2. The number of rotatable bonds is 6. The molecule has 1 aliphatic rings. The van der Waals surface area contributed by atoms with Gasteiger partial charge < -0.3 is 14.5 Å². The SMILES string of the molecule is COC[C@H](NC(=O)Nc1ccnn1C1CCCCC1)c1ccco1. The van der Waals surface area contributed by atoms with E-state index in [0.29, 0.717) is 18.4 Å². The highest BCUT2D eigenvalue weighted by Crippen LogP contribution is 2.29. The number of nitrogens with one attached hydrogen (secondary N) is 2. The van der Waals surface area contributed by atoms with Gasteiger partial charge in [-0.15, -0.1) is 0 Å². The van der Waals surface area contributed by atoms with Gasteiger partial charge in [0, 0.05) is 13.2 Å². The predicted molar refractivity (Wildman–Crippen MR) is 89.8 cm³/mol. The van der Waals surface area contributed by atoms with E-state index in [2.05, 4.69) is 15.7 Å². The summed E-state index contributed by atoms with van der Waals surface area (Å²) in [5.74, 6) is 1.38. The van der Waals surface area contributed by atoms with Crippen molar-refractivity contribution >= 4 is 11.8 Å². The van der Waals surface area contributed by atoms with Crippen molar-refractivity contribution in [1.82, 2.24) is 15.1 Å². The normalized spacial score (nSPS) is 16.7. The maximum absolute atomic E-state index is 12.4. The van der Waals surface area contributed by atoms with Crippen LogP contribution in [0.2, 0.25) is 0 Å². The van der Waals surface area contributed by atoms with Crippen molar-refractivity contribution in [3.8, 4) is 0 Å². The van der Waals surface area contributed by atoms with E-state index >= 15 is 0 Å². The lowest BCUT2D eigenvalue weighted by Crippen LogP contribution is -2.35. The predicted octanol–water partition coefficient (Wildman–Crippen LogP) is 3.49. The van der Waals surface area contributed by atoms with Crippen LogP contribution in [0.5, 0.6) is 0 Å². The average molecular weight is 332 g/mol. The monoisotopic (exact) mass is 332 g/mol. The number of furan rings is 1. The van der Waals surface area contributed by atoms with Gasteiger partial charge in [-0.1, -0.05) is 19.3 Å². The van der Waals surface area contributed by atoms with E-state index in [1.54, 1.807) is 25.6 Å². The fourth-order valence-corrected chi connectivity index (χ4v) is 3.19. The molecule has 0 spiro atoms. The lowest BCUT2D eigenvalue weighted by Gasteiger charge is -2.24. The number of urea groups is 1. The highest BCUT2D eigenvalue weighted by molar-refractivity contribution is 5.88. The topological polar surface area (TPSA) is 81.3 Å².